The van der Waals surface area contributed by atoms with Crippen LogP contribution in [0.25, 0.3) is 0 Å². The maximum absolute atomic E-state index is 5.22. The third kappa shape index (κ3) is 8.06. The molecule has 5 nitrogen and oxygen atoms in total. The van der Waals surface area contributed by atoms with Gasteiger partial charge in [0.25, 0.3) is 0 Å². The van der Waals surface area contributed by atoms with Gasteiger partial charge in [0.05, 0.1) is 13.7 Å². The first-order valence-corrected chi connectivity index (χ1v) is 9.31. The molecule has 0 spiro atoms. The van der Waals surface area contributed by atoms with Gasteiger partial charge in [0.1, 0.15) is 5.75 Å². The van der Waals surface area contributed by atoms with Crippen LogP contribution in [-0.2, 0) is 17.9 Å². The molecular formula is C22H32IN3O2. The number of methoxy groups -OCH3 is 2. The summed E-state index contributed by atoms with van der Waals surface area (Å²) in [7, 11) is 5.19. The molecule has 1 atom stereocenters. The van der Waals surface area contributed by atoms with Crippen LogP contribution >= 0.6 is 24.0 Å². The van der Waals surface area contributed by atoms with Crippen molar-refractivity contribution in [1.82, 2.24) is 10.6 Å². The number of hydrogen-bond acceptors (Lipinski definition) is 3. The first-order valence-electron chi connectivity index (χ1n) is 9.31. The van der Waals surface area contributed by atoms with Crippen LogP contribution in [0.1, 0.15) is 36.0 Å². The van der Waals surface area contributed by atoms with Gasteiger partial charge in [0, 0.05) is 27.2 Å². The fourth-order valence-corrected chi connectivity index (χ4v) is 2.83. The van der Waals surface area contributed by atoms with Gasteiger partial charge in [-0.15, -0.1) is 24.0 Å². The smallest absolute Gasteiger partial charge is 0.191 e. The summed E-state index contributed by atoms with van der Waals surface area (Å²) in [4.78, 5) is 4.30. The molecule has 2 aromatic carbocycles. The molecule has 0 aromatic heterocycles. The van der Waals surface area contributed by atoms with E-state index in [0.717, 1.165) is 31.2 Å². The van der Waals surface area contributed by atoms with Gasteiger partial charge in [-0.1, -0.05) is 43.3 Å². The van der Waals surface area contributed by atoms with E-state index in [0.29, 0.717) is 12.5 Å². The van der Waals surface area contributed by atoms with E-state index in [2.05, 4.69) is 58.9 Å². The molecule has 0 heterocycles. The summed E-state index contributed by atoms with van der Waals surface area (Å²) in [6, 6.07) is 16.7. The minimum Gasteiger partial charge on any atom is -0.497 e. The topological polar surface area (TPSA) is 54.9 Å². The molecule has 1 unspecified atom stereocenters. The van der Waals surface area contributed by atoms with E-state index >= 15 is 0 Å². The van der Waals surface area contributed by atoms with Crippen molar-refractivity contribution in [2.75, 3.05) is 27.8 Å². The zero-order valence-electron chi connectivity index (χ0n) is 17.2. The molecule has 0 aliphatic carbocycles. The molecule has 0 saturated carbocycles. The Bertz CT molecular complexity index is 703. The summed E-state index contributed by atoms with van der Waals surface area (Å²) in [5, 5.41) is 6.75. The monoisotopic (exact) mass is 497 g/mol. The largest absolute Gasteiger partial charge is 0.497 e. The Balaban J connectivity index is 0.00000392. The Morgan fingerprint density at radius 2 is 1.61 bits per heavy atom. The summed E-state index contributed by atoms with van der Waals surface area (Å²) >= 11 is 0. The summed E-state index contributed by atoms with van der Waals surface area (Å²) < 4.78 is 10.4. The lowest BCUT2D eigenvalue weighted by molar-refractivity contribution is 0.185. The number of aliphatic imine (C=N–C) groups is 1. The van der Waals surface area contributed by atoms with E-state index in [9.17, 15) is 0 Å². The molecule has 0 aliphatic rings. The number of benzene rings is 2. The minimum atomic E-state index is 0. The van der Waals surface area contributed by atoms with E-state index in [4.69, 9.17) is 9.47 Å². The van der Waals surface area contributed by atoms with E-state index in [1.807, 2.05) is 12.1 Å². The molecule has 154 valence electrons. The maximum atomic E-state index is 5.22. The van der Waals surface area contributed by atoms with Gasteiger partial charge in [-0.05, 0) is 41.2 Å². The van der Waals surface area contributed by atoms with Crippen LogP contribution in [0.15, 0.2) is 53.5 Å². The summed E-state index contributed by atoms with van der Waals surface area (Å²) in [5.74, 6) is 2.18. The minimum absolute atomic E-state index is 0. The fourth-order valence-electron chi connectivity index (χ4n) is 2.83. The highest BCUT2D eigenvalue weighted by atomic mass is 127. The number of ether oxygens (including phenoxy) is 2. The lowest BCUT2D eigenvalue weighted by Crippen LogP contribution is -2.37. The summed E-state index contributed by atoms with van der Waals surface area (Å²) in [6.45, 7) is 4.48. The van der Waals surface area contributed by atoms with Crippen molar-refractivity contribution >= 4 is 29.9 Å². The van der Waals surface area contributed by atoms with Gasteiger partial charge < -0.3 is 20.1 Å². The molecular weight excluding hydrogens is 465 g/mol. The molecule has 0 saturated heterocycles. The number of nitrogens with one attached hydrogen (secondary N) is 2. The first kappa shape index (κ1) is 24.2. The van der Waals surface area contributed by atoms with Gasteiger partial charge in [-0.2, -0.15) is 0 Å². The van der Waals surface area contributed by atoms with Crippen LogP contribution in [0.2, 0.25) is 0 Å². The normalized spacial score (nSPS) is 12.1. The molecule has 0 radical (unpaired) electrons. The Labute approximate surface area is 186 Å². The van der Waals surface area contributed by atoms with Crippen LogP contribution < -0.4 is 15.4 Å². The Kier molecular flexibility index (Phi) is 11.6. The quantitative estimate of drug-likeness (QED) is 0.308. The lowest BCUT2D eigenvalue weighted by atomic mass is 9.98. The van der Waals surface area contributed by atoms with Crippen molar-refractivity contribution in [3.05, 3.63) is 65.2 Å². The van der Waals surface area contributed by atoms with Crippen LogP contribution in [0.4, 0.5) is 0 Å². The number of rotatable bonds is 9. The third-order valence-corrected chi connectivity index (χ3v) is 4.57. The average Bonchev–Trinajstić information content (AvgIpc) is 2.71. The molecule has 0 amide bonds. The highest BCUT2D eigenvalue weighted by molar-refractivity contribution is 14.0. The highest BCUT2D eigenvalue weighted by Crippen LogP contribution is 2.21. The van der Waals surface area contributed by atoms with Gasteiger partial charge in [0.15, 0.2) is 5.96 Å². The van der Waals surface area contributed by atoms with E-state index in [1.165, 1.54) is 16.7 Å². The zero-order valence-corrected chi connectivity index (χ0v) is 19.5. The average molecular weight is 497 g/mol. The van der Waals surface area contributed by atoms with Crippen molar-refractivity contribution in [1.29, 1.82) is 0 Å². The first-order chi connectivity index (χ1) is 13.2. The molecule has 0 bridgehead atoms. The van der Waals surface area contributed by atoms with Crippen LogP contribution in [-0.4, -0.2) is 33.8 Å². The number of guanidine groups is 1. The summed E-state index contributed by atoms with van der Waals surface area (Å²) in [5.41, 5.74) is 3.71. The van der Waals surface area contributed by atoms with E-state index in [1.54, 1.807) is 21.3 Å². The number of halogens is 1. The molecule has 6 heteroatoms. The Hall–Kier alpha value is -1.80. The predicted molar refractivity (Wildman–Crippen MR) is 127 cm³/mol. The second-order valence-corrected chi connectivity index (χ2v) is 6.56. The molecule has 0 aliphatic heterocycles. The zero-order chi connectivity index (χ0) is 19.5. The number of nitrogens with zero attached hydrogens (tertiary/aromatic N) is 1. The van der Waals surface area contributed by atoms with Crippen molar-refractivity contribution in [2.24, 2.45) is 4.99 Å². The Morgan fingerprint density at radius 3 is 2.18 bits per heavy atom. The summed E-state index contributed by atoms with van der Waals surface area (Å²) in [6.07, 6.45) is 1.03. The van der Waals surface area contributed by atoms with Gasteiger partial charge >= 0.3 is 0 Å². The van der Waals surface area contributed by atoms with E-state index < -0.39 is 0 Å². The van der Waals surface area contributed by atoms with E-state index in [-0.39, 0.29) is 24.0 Å². The third-order valence-electron chi connectivity index (χ3n) is 4.57. The van der Waals surface area contributed by atoms with Gasteiger partial charge in [-0.3, -0.25) is 4.99 Å². The van der Waals surface area contributed by atoms with Gasteiger partial charge in [-0.25, -0.2) is 0 Å². The predicted octanol–water partition coefficient (Wildman–Crippen LogP) is 4.32. The lowest BCUT2D eigenvalue weighted by Gasteiger charge is -2.15. The van der Waals surface area contributed by atoms with Crippen LogP contribution in [0.5, 0.6) is 5.75 Å². The standard InChI is InChI=1S/C22H31N3O2.HI/c1-17(20-9-11-21(27-4)12-10-20)13-14-24-22(23-2)25-15-18-5-7-19(8-6-18)16-26-3;/h5-12,17H,13-16H2,1-4H3,(H2,23,24,25);1H. The van der Waals surface area contributed by atoms with Crippen molar-refractivity contribution < 1.29 is 9.47 Å². The van der Waals surface area contributed by atoms with Crippen molar-refractivity contribution in [3.63, 3.8) is 0 Å². The Morgan fingerprint density at radius 1 is 0.964 bits per heavy atom. The van der Waals surface area contributed by atoms with Crippen molar-refractivity contribution in [2.45, 2.75) is 32.4 Å². The van der Waals surface area contributed by atoms with Crippen LogP contribution in [0.3, 0.4) is 0 Å². The molecule has 28 heavy (non-hydrogen) atoms. The molecule has 2 rings (SSSR count). The molecule has 2 N–H and O–H groups in total. The highest BCUT2D eigenvalue weighted by Gasteiger charge is 2.06. The fraction of sp³-hybridized carbons (Fsp3) is 0.409. The maximum Gasteiger partial charge on any atom is 0.191 e. The number of hydrogen-bond donors (Lipinski definition) is 2. The van der Waals surface area contributed by atoms with Crippen molar-refractivity contribution in [3.8, 4) is 5.75 Å². The van der Waals surface area contributed by atoms with Gasteiger partial charge in [0.2, 0.25) is 0 Å². The SMILES string of the molecule is CN=C(NCCC(C)c1ccc(OC)cc1)NCc1ccc(COC)cc1.I. The molecule has 2 aromatic rings. The second-order valence-electron chi connectivity index (χ2n) is 6.56. The molecule has 0 fully saturated rings. The second kappa shape index (κ2) is 13.4. The van der Waals surface area contributed by atoms with Crippen LogP contribution in [0, 0.1) is 0 Å².